The Morgan fingerprint density at radius 3 is 2.59 bits per heavy atom. The van der Waals surface area contributed by atoms with Gasteiger partial charge in [0, 0.05) is 17.8 Å². The predicted molar refractivity (Wildman–Crippen MR) is 107 cm³/mol. The molecule has 0 aliphatic rings. The first-order chi connectivity index (χ1) is 13.8. The van der Waals surface area contributed by atoms with Crippen molar-refractivity contribution in [1.29, 1.82) is 0 Å². The maximum atomic E-state index is 13.9. The van der Waals surface area contributed by atoms with Crippen LogP contribution in [0.1, 0.15) is 27.3 Å². The fourth-order valence-corrected chi connectivity index (χ4v) is 3.34. The zero-order valence-corrected chi connectivity index (χ0v) is 16.1. The average molecular weight is 392 g/mol. The third-order valence-corrected chi connectivity index (χ3v) is 4.79. The van der Waals surface area contributed by atoms with Crippen LogP contribution in [0, 0.1) is 32.4 Å². The highest BCUT2D eigenvalue weighted by Gasteiger charge is 2.19. The molecule has 0 bridgehead atoms. The minimum atomic E-state index is -0.846. The van der Waals surface area contributed by atoms with Gasteiger partial charge >= 0.3 is 0 Å². The Labute approximate surface area is 166 Å². The van der Waals surface area contributed by atoms with E-state index in [1.807, 2.05) is 32.0 Å². The van der Waals surface area contributed by atoms with E-state index >= 15 is 0 Å². The van der Waals surface area contributed by atoms with Crippen molar-refractivity contribution in [3.8, 4) is 11.1 Å². The fourth-order valence-electron chi connectivity index (χ4n) is 3.34. The lowest BCUT2D eigenvalue weighted by molar-refractivity contribution is 0.102. The summed E-state index contributed by atoms with van der Waals surface area (Å²) in [6, 6.07) is 11.0. The van der Waals surface area contributed by atoms with Crippen molar-refractivity contribution in [2.24, 2.45) is 0 Å². The highest BCUT2D eigenvalue weighted by Crippen LogP contribution is 2.29. The molecule has 5 nitrogen and oxygen atoms in total. The summed E-state index contributed by atoms with van der Waals surface area (Å²) >= 11 is 0. The van der Waals surface area contributed by atoms with Crippen LogP contribution in [0.15, 0.2) is 48.7 Å². The van der Waals surface area contributed by atoms with E-state index in [1.165, 1.54) is 12.3 Å². The monoisotopic (exact) mass is 392 g/mol. The van der Waals surface area contributed by atoms with Crippen LogP contribution >= 0.6 is 0 Å². The Morgan fingerprint density at radius 2 is 1.86 bits per heavy atom. The highest BCUT2D eigenvalue weighted by molar-refractivity contribution is 6.05. The van der Waals surface area contributed by atoms with Gasteiger partial charge in [-0.25, -0.2) is 18.3 Å². The summed E-state index contributed by atoms with van der Waals surface area (Å²) in [4.78, 5) is 17.1. The molecule has 1 amide bonds. The molecule has 4 rings (SSSR count). The van der Waals surface area contributed by atoms with Gasteiger partial charge in [0.25, 0.3) is 5.91 Å². The maximum absolute atomic E-state index is 13.9. The largest absolute Gasteiger partial charge is 0.319 e. The lowest BCUT2D eigenvalue weighted by Gasteiger charge is -2.10. The Balaban J connectivity index is 1.76. The van der Waals surface area contributed by atoms with Crippen molar-refractivity contribution in [3.05, 3.63) is 82.8 Å². The molecule has 0 saturated carbocycles. The number of amides is 1. The van der Waals surface area contributed by atoms with Gasteiger partial charge in [-0.3, -0.25) is 4.79 Å². The van der Waals surface area contributed by atoms with Crippen LogP contribution < -0.4 is 5.32 Å². The van der Waals surface area contributed by atoms with Crippen LogP contribution in [0.2, 0.25) is 0 Å². The third kappa shape index (κ3) is 3.35. The van der Waals surface area contributed by atoms with Crippen molar-refractivity contribution >= 4 is 17.2 Å². The van der Waals surface area contributed by atoms with Crippen molar-refractivity contribution in [1.82, 2.24) is 14.6 Å². The molecule has 0 aliphatic heterocycles. The van der Waals surface area contributed by atoms with Crippen LogP contribution in [0.5, 0.6) is 0 Å². The molecule has 1 N–H and O–H groups in total. The van der Waals surface area contributed by atoms with E-state index in [9.17, 15) is 13.6 Å². The molecule has 0 atom stereocenters. The quantitative estimate of drug-likeness (QED) is 0.542. The second-order valence-corrected chi connectivity index (χ2v) is 6.90. The van der Waals surface area contributed by atoms with E-state index in [4.69, 9.17) is 0 Å². The molecule has 4 aromatic rings. The van der Waals surface area contributed by atoms with Gasteiger partial charge in [-0.2, -0.15) is 5.10 Å². The molecule has 2 aromatic heterocycles. The van der Waals surface area contributed by atoms with Gasteiger partial charge in [0.1, 0.15) is 11.6 Å². The number of aryl methyl sites for hydroxylation is 3. The molecule has 2 heterocycles. The first-order valence-corrected chi connectivity index (χ1v) is 9.03. The van der Waals surface area contributed by atoms with Gasteiger partial charge in [0.2, 0.25) is 0 Å². The summed E-state index contributed by atoms with van der Waals surface area (Å²) in [5.41, 5.74) is 5.14. The smallest absolute Gasteiger partial charge is 0.259 e. The second-order valence-electron chi connectivity index (χ2n) is 6.90. The van der Waals surface area contributed by atoms with Crippen LogP contribution in [-0.2, 0) is 0 Å². The molecule has 0 fully saturated rings. The van der Waals surface area contributed by atoms with Gasteiger partial charge in [0.05, 0.1) is 22.6 Å². The summed E-state index contributed by atoms with van der Waals surface area (Å²) in [6.45, 7) is 5.65. The zero-order chi connectivity index (χ0) is 20.7. The number of hydrogen-bond donors (Lipinski definition) is 1. The van der Waals surface area contributed by atoms with E-state index in [0.717, 1.165) is 34.5 Å². The number of rotatable bonds is 3. The average Bonchev–Trinajstić information content (AvgIpc) is 3.01. The number of anilines is 1. The van der Waals surface area contributed by atoms with Crippen LogP contribution in [0.25, 0.3) is 16.8 Å². The lowest BCUT2D eigenvalue weighted by atomic mass is 10.0. The van der Waals surface area contributed by atoms with Gasteiger partial charge in [0.15, 0.2) is 5.65 Å². The number of nitrogens with one attached hydrogen (secondary N) is 1. The molecule has 0 saturated heterocycles. The van der Waals surface area contributed by atoms with E-state index in [1.54, 1.807) is 11.4 Å². The van der Waals surface area contributed by atoms with E-state index in [-0.39, 0.29) is 11.3 Å². The molecule has 146 valence electrons. The Bertz CT molecular complexity index is 1260. The summed E-state index contributed by atoms with van der Waals surface area (Å²) in [5, 5.41) is 7.01. The van der Waals surface area contributed by atoms with E-state index in [0.29, 0.717) is 11.3 Å². The summed E-state index contributed by atoms with van der Waals surface area (Å²) in [6.07, 6.45) is 1.45. The summed E-state index contributed by atoms with van der Waals surface area (Å²) in [7, 11) is 0. The minimum Gasteiger partial charge on any atom is -0.319 e. The van der Waals surface area contributed by atoms with Crippen molar-refractivity contribution < 1.29 is 13.6 Å². The SMILES string of the molecule is Cc1cccc(-c2c(C)nn3c(C)c(C(=O)Nc4ccc(F)cc4F)cnc23)c1. The van der Waals surface area contributed by atoms with Gasteiger partial charge in [-0.15, -0.1) is 0 Å². The topological polar surface area (TPSA) is 59.3 Å². The third-order valence-electron chi connectivity index (χ3n) is 4.79. The molecule has 0 aliphatic carbocycles. The van der Waals surface area contributed by atoms with Crippen molar-refractivity contribution in [3.63, 3.8) is 0 Å². The Hall–Kier alpha value is -3.61. The summed E-state index contributed by atoms with van der Waals surface area (Å²) in [5.74, 6) is -2.11. The molecule has 29 heavy (non-hydrogen) atoms. The summed E-state index contributed by atoms with van der Waals surface area (Å²) < 4.78 is 28.6. The lowest BCUT2D eigenvalue weighted by Crippen LogP contribution is -2.17. The van der Waals surface area contributed by atoms with Crippen LogP contribution in [0.3, 0.4) is 0 Å². The molecular formula is C22H18F2N4O. The number of halogens is 2. The number of carbonyl (C=O) groups excluding carboxylic acids is 1. The molecular weight excluding hydrogens is 374 g/mol. The van der Waals surface area contributed by atoms with Gasteiger partial charge < -0.3 is 5.32 Å². The first-order valence-electron chi connectivity index (χ1n) is 9.03. The first kappa shape index (κ1) is 18.7. The van der Waals surface area contributed by atoms with Crippen LogP contribution in [0.4, 0.5) is 14.5 Å². The normalized spacial score (nSPS) is 11.1. The van der Waals surface area contributed by atoms with Crippen molar-refractivity contribution in [2.45, 2.75) is 20.8 Å². The highest BCUT2D eigenvalue weighted by atomic mass is 19.1. The fraction of sp³-hybridized carbons (Fsp3) is 0.136. The molecule has 7 heteroatoms. The minimum absolute atomic E-state index is 0.104. The number of aromatic nitrogens is 3. The number of fused-ring (bicyclic) bond motifs is 1. The maximum Gasteiger partial charge on any atom is 0.259 e. The zero-order valence-electron chi connectivity index (χ0n) is 16.1. The molecule has 0 unspecified atom stereocenters. The Morgan fingerprint density at radius 1 is 1.07 bits per heavy atom. The predicted octanol–water partition coefficient (Wildman–Crippen LogP) is 4.85. The number of carbonyl (C=O) groups is 1. The Kier molecular flexibility index (Phi) is 4.58. The number of nitrogens with zero attached hydrogens (tertiary/aromatic N) is 3. The van der Waals surface area contributed by atoms with Crippen LogP contribution in [-0.4, -0.2) is 20.5 Å². The van der Waals surface area contributed by atoms with Crippen molar-refractivity contribution in [2.75, 3.05) is 5.32 Å². The molecule has 2 aromatic carbocycles. The van der Waals surface area contributed by atoms with E-state index in [2.05, 4.69) is 21.5 Å². The molecule has 0 spiro atoms. The number of hydrogen-bond acceptors (Lipinski definition) is 3. The molecule has 0 radical (unpaired) electrons. The van der Waals surface area contributed by atoms with Gasteiger partial charge in [-0.1, -0.05) is 29.8 Å². The van der Waals surface area contributed by atoms with Gasteiger partial charge in [-0.05, 0) is 38.5 Å². The van der Waals surface area contributed by atoms with E-state index < -0.39 is 17.5 Å². The standard InChI is InChI=1S/C22H18F2N4O/c1-12-5-4-6-15(9-12)20-13(2)27-28-14(3)17(11-25-21(20)28)22(29)26-19-8-7-16(23)10-18(19)24/h4-11H,1-3H3,(H,26,29). The second kappa shape index (κ2) is 7.09. The number of benzene rings is 2.